The van der Waals surface area contributed by atoms with Crippen molar-refractivity contribution in [2.75, 3.05) is 0 Å². The molecule has 0 fully saturated rings. The highest BCUT2D eigenvalue weighted by molar-refractivity contribution is 6.24. The van der Waals surface area contributed by atoms with Crippen LogP contribution in [-0.2, 0) is 0 Å². The highest BCUT2D eigenvalue weighted by Gasteiger charge is 2.22. The van der Waals surface area contributed by atoms with Crippen molar-refractivity contribution < 1.29 is 13.3 Å². The van der Waals surface area contributed by atoms with Crippen LogP contribution >= 0.6 is 0 Å². The van der Waals surface area contributed by atoms with E-state index in [2.05, 4.69) is 346 Å². The molecule has 26 rings (SSSR count). The van der Waals surface area contributed by atoms with Crippen LogP contribution in [0.25, 0.3) is 254 Å². The first kappa shape index (κ1) is 72.2. The van der Waals surface area contributed by atoms with Crippen molar-refractivity contribution in [2.45, 2.75) is 0 Å². The normalized spacial score (nSPS) is 11.7. The molecule has 0 spiro atoms. The third-order valence-electron chi connectivity index (χ3n) is 24.4. The van der Waals surface area contributed by atoms with Gasteiger partial charge >= 0.3 is 0 Å². The van der Waals surface area contributed by atoms with E-state index in [9.17, 15) is 0 Å². The van der Waals surface area contributed by atoms with Crippen LogP contribution in [0.1, 0.15) is 0 Å². The minimum atomic E-state index is 0.715. The molecule has 0 aliphatic rings. The zero-order valence-corrected chi connectivity index (χ0v) is 67.3. The zero-order valence-electron chi connectivity index (χ0n) is 67.3. The van der Waals surface area contributed by atoms with Gasteiger partial charge in [-0.3, -0.25) is 0 Å². The summed E-state index contributed by atoms with van der Waals surface area (Å²) in [5.41, 5.74) is 24.2. The zero-order chi connectivity index (χ0) is 82.4. The Balaban J connectivity index is 0.000000105. The first-order chi connectivity index (χ1) is 61.9. The maximum absolute atomic E-state index is 6.18. The molecule has 0 N–H and O–H groups in total. The summed E-state index contributed by atoms with van der Waals surface area (Å²) < 4.78 is 18.5. The molecule has 0 bridgehead atoms. The summed E-state index contributed by atoms with van der Waals surface area (Å²) in [6, 6.07) is 148. The summed E-state index contributed by atoms with van der Waals surface area (Å²) >= 11 is 0. The molecule has 0 amide bonds. The van der Waals surface area contributed by atoms with Crippen LogP contribution in [0.5, 0.6) is 0 Å². The summed E-state index contributed by atoms with van der Waals surface area (Å²) in [6.45, 7) is 0. The Labute approximate surface area is 716 Å². The average Bonchev–Trinajstić information content (AvgIpc) is 1.62. The van der Waals surface area contributed by atoms with Crippen molar-refractivity contribution in [1.82, 2.24) is 29.9 Å². The van der Waals surface area contributed by atoms with Gasteiger partial charge in [-0.2, -0.15) is 0 Å². The standard InChI is InChI=1S/2C40H24N2O.C36H22N2O/c1-2-10-26-23-28(20-19-25(26)9-1)39-33-13-3-5-17-35(33)41-40(42-39)29-12-7-11-27(24-29)30-15-8-16-32-31(30)21-22-37-38(32)34-14-4-6-18-36(34)43-37;1-2-11-26(12-3-1)39-38-30-15-5-4-10-25(30)20-22-34(38)41-40(42-39)28-14-8-13-27(24-28)29-17-9-18-32-31(29)21-23-36-37(32)33-16-6-7-19-35(33)43-36;1-2-10-23(11-3-1)35-29-14-4-6-18-31(29)37-36(38-35)25-13-8-12-24(22-25)26-16-9-17-28-27(26)20-21-33-34(28)30-15-5-7-19-32(30)39-33/h2*1-24H;1-22H. The summed E-state index contributed by atoms with van der Waals surface area (Å²) in [6.07, 6.45) is 0. The number of fused-ring (bicyclic) bond motifs is 21. The third-order valence-corrected chi connectivity index (χ3v) is 24.4. The van der Waals surface area contributed by atoms with Crippen LogP contribution in [0.3, 0.4) is 0 Å². The van der Waals surface area contributed by atoms with Gasteiger partial charge in [0, 0.05) is 81.9 Å². The Hall–Kier alpha value is -16.9. The molecule has 26 aromatic rings. The Morgan fingerprint density at radius 2 is 0.472 bits per heavy atom. The van der Waals surface area contributed by atoms with E-state index < -0.39 is 0 Å². The number of nitrogens with zero attached hydrogens (tertiary/aromatic N) is 6. The van der Waals surface area contributed by atoms with Gasteiger partial charge in [-0.1, -0.05) is 346 Å². The van der Waals surface area contributed by atoms with Crippen molar-refractivity contribution in [2.24, 2.45) is 0 Å². The number of hydrogen-bond donors (Lipinski definition) is 0. The van der Waals surface area contributed by atoms with Gasteiger partial charge in [-0.05, 0) is 166 Å². The monoisotopic (exact) mass is 1590 g/mol. The summed E-state index contributed by atoms with van der Waals surface area (Å²) in [5.74, 6) is 2.15. The molecule has 9 heteroatoms. The molecule has 125 heavy (non-hydrogen) atoms. The fourth-order valence-electron chi connectivity index (χ4n) is 18.6. The first-order valence-corrected chi connectivity index (χ1v) is 42.1. The van der Waals surface area contributed by atoms with Gasteiger partial charge in [-0.15, -0.1) is 0 Å². The number of furan rings is 3. The smallest absolute Gasteiger partial charge is 0.160 e. The molecule has 0 unspecified atom stereocenters. The molecule has 9 nitrogen and oxygen atoms in total. The second-order valence-corrected chi connectivity index (χ2v) is 31.8. The predicted octanol–water partition coefficient (Wildman–Crippen LogP) is 31.4. The number of para-hydroxylation sites is 5. The lowest BCUT2D eigenvalue weighted by Crippen LogP contribution is -1.96. The largest absolute Gasteiger partial charge is 0.456 e. The highest BCUT2D eigenvalue weighted by Crippen LogP contribution is 2.45. The van der Waals surface area contributed by atoms with Crippen molar-refractivity contribution in [3.05, 3.63) is 425 Å². The van der Waals surface area contributed by atoms with Crippen LogP contribution in [0.2, 0.25) is 0 Å². The second kappa shape index (κ2) is 30.1. The van der Waals surface area contributed by atoms with E-state index >= 15 is 0 Å². The van der Waals surface area contributed by atoms with Gasteiger partial charge < -0.3 is 13.3 Å². The molecule has 0 aliphatic heterocycles. The highest BCUT2D eigenvalue weighted by atomic mass is 16.3. The van der Waals surface area contributed by atoms with Crippen molar-refractivity contribution in [1.29, 1.82) is 0 Å². The number of benzene rings is 20. The minimum absolute atomic E-state index is 0.715. The fraction of sp³-hybridized carbons (Fsp3) is 0. The molecule has 0 radical (unpaired) electrons. The number of rotatable bonds is 9. The summed E-state index contributed by atoms with van der Waals surface area (Å²) in [5, 5.41) is 21.9. The minimum Gasteiger partial charge on any atom is -0.456 e. The molecule has 0 saturated carbocycles. The Bertz CT molecular complexity index is 8840. The van der Waals surface area contributed by atoms with E-state index in [4.69, 9.17) is 43.2 Å². The molecule has 0 saturated heterocycles. The second-order valence-electron chi connectivity index (χ2n) is 31.8. The van der Waals surface area contributed by atoms with E-state index in [-0.39, 0.29) is 0 Å². The Kier molecular flexibility index (Phi) is 17.4. The van der Waals surface area contributed by atoms with Crippen molar-refractivity contribution in [3.63, 3.8) is 0 Å². The molecule has 6 aromatic heterocycles. The van der Waals surface area contributed by atoms with Crippen LogP contribution in [0.15, 0.2) is 438 Å². The van der Waals surface area contributed by atoms with Gasteiger partial charge in [0.1, 0.15) is 33.5 Å². The van der Waals surface area contributed by atoms with Gasteiger partial charge in [0.25, 0.3) is 0 Å². The SMILES string of the molecule is c1cc(-c2nc(-c3ccc4ccccc4c3)c3ccccc3n2)cc(-c2cccc3c2ccc2oc4ccccc4c23)c1.c1ccc(-c2nc(-c3cccc(-c4cccc5c4ccc4oc6ccccc6c45)c3)nc3ccc4ccccc4c23)cc1.c1ccc(-c2nc(-c3cccc(-c4cccc5c4ccc4oc6ccccc6c45)c3)nc3ccccc23)cc1. The first-order valence-electron chi connectivity index (χ1n) is 42.1. The van der Waals surface area contributed by atoms with E-state index in [1.165, 1.54) is 65.2 Å². The van der Waals surface area contributed by atoms with E-state index in [0.29, 0.717) is 11.6 Å². The van der Waals surface area contributed by atoms with Crippen LogP contribution < -0.4 is 0 Å². The van der Waals surface area contributed by atoms with E-state index in [0.717, 1.165) is 177 Å². The van der Waals surface area contributed by atoms with E-state index in [1.54, 1.807) is 0 Å². The topological polar surface area (TPSA) is 117 Å². The fourth-order valence-corrected chi connectivity index (χ4v) is 18.6. The molecular weight excluding hydrogens is 1530 g/mol. The van der Waals surface area contributed by atoms with Crippen LogP contribution in [-0.4, -0.2) is 29.9 Å². The quantitative estimate of drug-likeness (QED) is 0.130. The lowest BCUT2D eigenvalue weighted by molar-refractivity contribution is 0.669. The molecule has 582 valence electrons. The van der Waals surface area contributed by atoms with Gasteiger partial charge in [0.2, 0.25) is 0 Å². The van der Waals surface area contributed by atoms with Gasteiger partial charge in [0.05, 0.1) is 33.6 Å². The van der Waals surface area contributed by atoms with Crippen LogP contribution in [0, 0.1) is 0 Å². The maximum Gasteiger partial charge on any atom is 0.160 e. The summed E-state index contributed by atoms with van der Waals surface area (Å²) in [4.78, 5) is 30.6. The lowest BCUT2D eigenvalue weighted by atomic mass is 9.94. The Morgan fingerprint density at radius 3 is 0.936 bits per heavy atom. The molecule has 20 aromatic carbocycles. The predicted molar refractivity (Wildman–Crippen MR) is 517 cm³/mol. The number of aromatic nitrogens is 6. The average molecular weight is 1600 g/mol. The lowest BCUT2D eigenvalue weighted by Gasteiger charge is -2.13. The van der Waals surface area contributed by atoms with Gasteiger partial charge in [0.15, 0.2) is 17.5 Å². The molecule has 6 heterocycles. The summed E-state index contributed by atoms with van der Waals surface area (Å²) in [7, 11) is 0. The Morgan fingerprint density at radius 1 is 0.144 bits per heavy atom. The molecular formula is C116H70N6O3. The third kappa shape index (κ3) is 12.7. The molecule has 0 aliphatic carbocycles. The van der Waals surface area contributed by atoms with Crippen molar-refractivity contribution >= 4 is 152 Å². The van der Waals surface area contributed by atoms with Crippen molar-refractivity contribution in [3.8, 4) is 101 Å². The van der Waals surface area contributed by atoms with Gasteiger partial charge in [-0.25, -0.2) is 29.9 Å². The van der Waals surface area contributed by atoms with Crippen LogP contribution in [0.4, 0.5) is 0 Å². The maximum atomic E-state index is 6.18. The molecule has 0 atom stereocenters. The van der Waals surface area contributed by atoms with E-state index in [1.807, 2.05) is 78.9 Å². The number of hydrogen-bond acceptors (Lipinski definition) is 9.